The Hall–Kier alpha value is -2.63. The molecule has 110 valence electrons. The summed E-state index contributed by atoms with van der Waals surface area (Å²) in [7, 11) is 0. The molecule has 0 aromatic heterocycles. The Morgan fingerprint density at radius 2 is 1.52 bits per heavy atom. The maximum Gasteiger partial charge on any atom is 0.335 e. The van der Waals surface area contributed by atoms with Crippen LogP contribution in [0, 0.1) is 11.8 Å². The number of nitrogens with one attached hydrogen (secondary N) is 1. The first-order valence-electron chi connectivity index (χ1n) is 6.51. The number of hydrogen-bond acceptors (Lipinski definition) is 3. The molecule has 2 rings (SSSR count). The molecule has 21 heavy (non-hydrogen) atoms. The maximum atomic E-state index is 12.2. The van der Waals surface area contributed by atoms with Gasteiger partial charge in [-0.05, 0) is 37.1 Å². The summed E-state index contributed by atoms with van der Waals surface area (Å²) in [5.74, 6) is -3.74. The van der Waals surface area contributed by atoms with Crippen LogP contribution in [0.15, 0.2) is 36.4 Å². The van der Waals surface area contributed by atoms with Crippen molar-refractivity contribution in [3.8, 4) is 0 Å². The van der Waals surface area contributed by atoms with E-state index in [-0.39, 0.29) is 11.5 Å². The van der Waals surface area contributed by atoms with Crippen LogP contribution in [0.3, 0.4) is 0 Å². The van der Waals surface area contributed by atoms with Crippen LogP contribution >= 0.6 is 0 Å². The molecule has 0 heterocycles. The fraction of sp³-hybridized carbons (Fsp3) is 0.267. The molecule has 0 saturated heterocycles. The Morgan fingerprint density at radius 3 is 2.05 bits per heavy atom. The molecule has 1 aliphatic carbocycles. The highest BCUT2D eigenvalue weighted by Crippen LogP contribution is 2.27. The summed E-state index contributed by atoms with van der Waals surface area (Å²) >= 11 is 0. The zero-order chi connectivity index (χ0) is 15.4. The minimum atomic E-state index is -1.05. The summed E-state index contributed by atoms with van der Waals surface area (Å²) in [5.41, 5.74) is 0.570. The highest BCUT2D eigenvalue weighted by atomic mass is 16.4. The van der Waals surface area contributed by atoms with Crippen molar-refractivity contribution in [3.63, 3.8) is 0 Å². The van der Waals surface area contributed by atoms with E-state index in [1.165, 1.54) is 24.3 Å². The van der Waals surface area contributed by atoms with Gasteiger partial charge < -0.3 is 15.5 Å². The number of benzene rings is 1. The van der Waals surface area contributed by atoms with Gasteiger partial charge in [-0.3, -0.25) is 9.59 Å². The normalized spacial score (nSPS) is 20.8. The van der Waals surface area contributed by atoms with Crippen LogP contribution in [0.5, 0.6) is 0 Å². The third-order valence-corrected chi connectivity index (χ3v) is 3.49. The molecule has 1 aliphatic rings. The Morgan fingerprint density at radius 1 is 0.952 bits per heavy atom. The van der Waals surface area contributed by atoms with Gasteiger partial charge in [-0.25, -0.2) is 4.79 Å². The predicted octanol–water partition coefficient (Wildman–Crippen LogP) is 1.99. The lowest BCUT2D eigenvalue weighted by Gasteiger charge is -2.24. The van der Waals surface area contributed by atoms with Crippen LogP contribution < -0.4 is 5.32 Å². The molecule has 0 radical (unpaired) electrons. The van der Waals surface area contributed by atoms with Gasteiger partial charge in [-0.15, -0.1) is 0 Å². The Kier molecular flexibility index (Phi) is 4.37. The second-order valence-electron chi connectivity index (χ2n) is 4.87. The number of carboxylic acids is 2. The molecule has 3 N–H and O–H groups in total. The zero-order valence-corrected chi connectivity index (χ0v) is 11.2. The smallest absolute Gasteiger partial charge is 0.335 e. The van der Waals surface area contributed by atoms with Gasteiger partial charge in [0.15, 0.2) is 0 Å². The lowest BCUT2D eigenvalue weighted by atomic mass is 9.82. The molecule has 1 amide bonds. The Labute approximate surface area is 121 Å². The maximum absolute atomic E-state index is 12.2. The molecule has 0 saturated carbocycles. The van der Waals surface area contributed by atoms with Gasteiger partial charge in [0.1, 0.15) is 0 Å². The van der Waals surface area contributed by atoms with E-state index >= 15 is 0 Å². The summed E-state index contributed by atoms with van der Waals surface area (Å²) in [5, 5.41) is 20.6. The highest BCUT2D eigenvalue weighted by Gasteiger charge is 2.33. The molecule has 1 aromatic rings. The number of aliphatic carboxylic acids is 1. The second kappa shape index (κ2) is 6.21. The third kappa shape index (κ3) is 3.47. The fourth-order valence-electron chi connectivity index (χ4n) is 2.31. The van der Waals surface area contributed by atoms with E-state index in [4.69, 9.17) is 10.2 Å². The van der Waals surface area contributed by atoms with Crippen LogP contribution in [0.25, 0.3) is 0 Å². The summed E-state index contributed by atoms with van der Waals surface area (Å²) < 4.78 is 0. The molecule has 0 spiro atoms. The summed E-state index contributed by atoms with van der Waals surface area (Å²) in [6.07, 6.45) is 4.29. The number of allylic oxidation sites excluding steroid dienone is 2. The van der Waals surface area contributed by atoms with Gasteiger partial charge in [0, 0.05) is 5.69 Å². The molecule has 6 nitrogen and oxygen atoms in total. The summed E-state index contributed by atoms with van der Waals surface area (Å²) in [6.45, 7) is 0. The first-order chi connectivity index (χ1) is 9.99. The lowest BCUT2D eigenvalue weighted by Crippen LogP contribution is -2.34. The minimum Gasteiger partial charge on any atom is -0.481 e. The highest BCUT2D eigenvalue weighted by molar-refractivity contribution is 5.96. The predicted molar refractivity (Wildman–Crippen MR) is 75.0 cm³/mol. The number of carbonyl (C=O) groups excluding carboxylic acids is 1. The minimum absolute atomic E-state index is 0.122. The SMILES string of the molecule is O=C(O)c1ccc(NC(=O)[C@@H]2CC=CC[C@@H]2C(=O)O)cc1. The van der Waals surface area contributed by atoms with Crippen LogP contribution in [-0.2, 0) is 9.59 Å². The third-order valence-electron chi connectivity index (χ3n) is 3.49. The van der Waals surface area contributed by atoms with Crippen LogP contribution in [-0.4, -0.2) is 28.1 Å². The number of rotatable bonds is 4. The Bertz CT molecular complexity index is 591. The number of anilines is 1. The van der Waals surface area contributed by atoms with Crippen LogP contribution in [0.4, 0.5) is 5.69 Å². The largest absolute Gasteiger partial charge is 0.481 e. The fourth-order valence-corrected chi connectivity index (χ4v) is 2.31. The lowest BCUT2D eigenvalue weighted by molar-refractivity contribution is -0.146. The van der Waals surface area contributed by atoms with Crippen molar-refractivity contribution in [1.82, 2.24) is 0 Å². The molecular weight excluding hydrogens is 274 g/mol. The molecule has 1 aromatic carbocycles. The molecule has 2 atom stereocenters. The van der Waals surface area contributed by atoms with E-state index in [0.29, 0.717) is 18.5 Å². The number of carboxylic acid groups (broad SMARTS) is 2. The molecule has 0 bridgehead atoms. The van der Waals surface area contributed by atoms with Crippen molar-refractivity contribution in [2.24, 2.45) is 11.8 Å². The van der Waals surface area contributed by atoms with Gasteiger partial charge in [0.2, 0.25) is 5.91 Å². The average Bonchev–Trinajstić information content (AvgIpc) is 2.47. The quantitative estimate of drug-likeness (QED) is 0.735. The second-order valence-corrected chi connectivity index (χ2v) is 4.87. The molecule has 0 aliphatic heterocycles. The first kappa shape index (κ1) is 14.8. The van der Waals surface area contributed by atoms with Crippen LogP contribution in [0.2, 0.25) is 0 Å². The number of carbonyl (C=O) groups is 3. The van der Waals surface area contributed by atoms with Crippen molar-refractivity contribution in [1.29, 1.82) is 0 Å². The number of amides is 1. The van der Waals surface area contributed by atoms with Gasteiger partial charge in [-0.2, -0.15) is 0 Å². The van der Waals surface area contributed by atoms with E-state index in [1.54, 1.807) is 12.2 Å². The van der Waals surface area contributed by atoms with Gasteiger partial charge >= 0.3 is 11.9 Å². The van der Waals surface area contributed by atoms with Gasteiger partial charge in [0.25, 0.3) is 0 Å². The summed E-state index contributed by atoms with van der Waals surface area (Å²) in [4.78, 5) is 34.1. The van der Waals surface area contributed by atoms with Gasteiger partial charge in [-0.1, -0.05) is 12.2 Å². The van der Waals surface area contributed by atoms with Crippen LogP contribution in [0.1, 0.15) is 23.2 Å². The summed E-state index contributed by atoms with van der Waals surface area (Å²) in [6, 6.07) is 5.73. The van der Waals surface area contributed by atoms with E-state index < -0.39 is 23.8 Å². The van der Waals surface area contributed by atoms with Crippen molar-refractivity contribution in [2.75, 3.05) is 5.32 Å². The topological polar surface area (TPSA) is 104 Å². The zero-order valence-electron chi connectivity index (χ0n) is 11.2. The van der Waals surface area contributed by atoms with Crippen molar-refractivity contribution < 1.29 is 24.6 Å². The van der Waals surface area contributed by atoms with Crippen molar-refractivity contribution >= 4 is 23.5 Å². The van der Waals surface area contributed by atoms with E-state index in [0.717, 1.165) is 0 Å². The molecule has 0 fully saturated rings. The standard InChI is InChI=1S/C15H15NO5/c17-13(11-3-1-2-4-12(11)15(20)21)16-10-7-5-9(6-8-10)14(18)19/h1-2,5-8,11-12H,3-4H2,(H,16,17)(H,18,19)(H,20,21)/t11-,12+/m1/s1. The first-order valence-corrected chi connectivity index (χ1v) is 6.51. The van der Waals surface area contributed by atoms with Crippen molar-refractivity contribution in [2.45, 2.75) is 12.8 Å². The number of hydrogen-bond donors (Lipinski definition) is 3. The Balaban J connectivity index is 2.08. The molecular formula is C15H15NO5. The number of aromatic carboxylic acids is 1. The monoisotopic (exact) mass is 289 g/mol. The molecule has 6 heteroatoms. The van der Waals surface area contributed by atoms with Crippen molar-refractivity contribution in [3.05, 3.63) is 42.0 Å². The van der Waals surface area contributed by atoms with E-state index in [1.807, 2.05) is 0 Å². The molecule has 0 unspecified atom stereocenters. The average molecular weight is 289 g/mol. The van der Waals surface area contributed by atoms with E-state index in [2.05, 4.69) is 5.32 Å². The van der Waals surface area contributed by atoms with E-state index in [9.17, 15) is 14.4 Å². The van der Waals surface area contributed by atoms with Gasteiger partial charge in [0.05, 0.1) is 17.4 Å².